The molecule has 0 N–H and O–H groups in total. The van der Waals surface area contributed by atoms with E-state index >= 15 is 0 Å². The van der Waals surface area contributed by atoms with E-state index in [9.17, 15) is 0 Å². The van der Waals surface area contributed by atoms with Gasteiger partial charge in [0.1, 0.15) is 0 Å². The lowest BCUT2D eigenvalue weighted by Gasteiger charge is -2.11. The predicted octanol–water partition coefficient (Wildman–Crippen LogP) is 6.64. The number of para-hydroxylation sites is 1. The molecule has 0 aliphatic rings. The van der Waals surface area contributed by atoms with Gasteiger partial charge in [0.15, 0.2) is 0 Å². The van der Waals surface area contributed by atoms with Crippen molar-refractivity contribution < 1.29 is 0 Å². The maximum atomic E-state index is 6.03. The second-order valence-electron chi connectivity index (χ2n) is 6.01. The van der Waals surface area contributed by atoms with Gasteiger partial charge in [-0.1, -0.05) is 60.1 Å². The number of rotatable bonds is 5. The first kappa shape index (κ1) is 16.3. The van der Waals surface area contributed by atoms with Gasteiger partial charge in [0.05, 0.1) is 0 Å². The molecule has 4 aromatic rings. The van der Waals surface area contributed by atoms with Crippen molar-refractivity contribution in [3.8, 4) is 0 Å². The molecule has 0 unspecified atom stereocenters. The van der Waals surface area contributed by atoms with Crippen molar-refractivity contribution in [1.29, 1.82) is 0 Å². The van der Waals surface area contributed by atoms with Crippen LogP contribution in [0.5, 0.6) is 0 Å². The second kappa shape index (κ2) is 7.38. The van der Waals surface area contributed by atoms with Gasteiger partial charge in [-0.25, -0.2) is 0 Å². The standard InChI is InChI=1S/C22H18ClNS/c23-19-12-10-17(11-13-19)15-24-20(14-18-6-4-5-9-22(18)24)16-25-21-7-2-1-3-8-21/h1-14H,15-16H2. The van der Waals surface area contributed by atoms with E-state index in [1.165, 1.54) is 27.1 Å². The van der Waals surface area contributed by atoms with E-state index in [4.69, 9.17) is 11.6 Å². The van der Waals surface area contributed by atoms with E-state index in [2.05, 4.69) is 77.4 Å². The molecule has 1 heterocycles. The minimum atomic E-state index is 0.779. The van der Waals surface area contributed by atoms with Gasteiger partial charge in [-0.05, 0) is 47.3 Å². The molecule has 0 atom stereocenters. The SMILES string of the molecule is Clc1ccc(Cn2c(CSc3ccccc3)cc3ccccc32)cc1. The molecule has 0 radical (unpaired) electrons. The molecule has 0 spiro atoms. The van der Waals surface area contributed by atoms with Crippen molar-refractivity contribution in [1.82, 2.24) is 4.57 Å². The van der Waals surface area contributed by atoms with Crippen LogP contribution in [0, 0.1) is 0 Å². The zero-order chi connectivity index (χ0) is 17.1. The summed E-state index contributed by atoms with van der Waals surface area (Å²) in [5.41, 5.74) is 3.88. The van der Waals surface area contributed by atoms with Crippen molar-refractivity contribution >= 4 is 34.3 Å². The second-order valence-corrected chi connectivity index (χ2v) is 7.49. The molecule has 0 fully saturated rings. The highest BCUT2D eigenvalue weighted by Crippen LogP contribution is 2.28. The number of nitrogens with zero attached hydrogens (tertiary/aromatic N) is 1. The Kier molecular flexibility index (Phi) is 4.82. The Morgan fingerprint density at radius 1 is 0.800 bits per heavy atom. The average molecular weight is 364 g/mol. The quantitative estimate of drug-likeness (QED) is 0.360. The maximum absolute atomic E-state index is 6.03. The van der Waals surface area contributed by atoms with Gasteiger partial charge in [0.2, 0.25) is 0 Å². The van der Waals surface area contributed by atoms with E-state index in [1.54, 1.807) is 0 Å². The molecule has 0 aliphatic carbocycles. The molecular weight excluding hydrogens is 346 g/mol. The summed E-state index contributed by atoms with van der Waals surface area (Å²) in [5.74, 6) is 0.951. The van der Waals surface area contributed by atoms with Crippen molar-refractivity contribution in [3.05, 3.63) is 101 Å². The van der Waals surface area contributed by atoms with Crippen LogP contribution in [0.25, 0.3) is 10.9 Å². The average Bonchev–Trinajstić information content (AvgIpc) is 3.00. The lowest BCUT2D eigenvalue weighted by Crippen LogP contribution is -2.03. The van der Waals surface area contributed by atoms with Crippen LogP contribution < -0.4 is 0 Å². The van der Waals surface area contributed by atoms with Crippen LogP contribution in [0.15, 0.2) is 89.8 Å². The van der Waals surface area contributed by atoms with E-state index in [0.29, 0.717) is 0 Å². The lowest BCUT2D eigenvalue weighted by molar-refractivity contribution is 0.800. The van der Waals surface area contributed by atoms with E-state index in [1.807, 2.05) is 23.9 Å². The smallest absolute Gasteiger partial charge is 0.0485 e. The molecular formula is C22H18ClNS. The summed E-state index contributed by atoms with van der Waals surface area (Å²) in [5, 5.41) is 2.07. The molecule has 1 aromatic heterocycles. The first-order valence-electron chi connectivity index (χ1n) is 8.29. The van der Waals surface area contributed by atoms with Crippen LogP contribution in [-0.2, 0) is 12.3 Å². The van der Waals surface area contributed by atoms with E-state index < -0.39 is 0 Å². The highest BCUT2D eigenvalue weighted by Gasteiger charge is 2.09. The zero-order valence-electron chi connectivity index (χ0n) is 13.7. The fourth-order valence-corrected chi connectivity index (χ4v) is 4.05. The summed E-state index contributed by atoms with van der Waals surface area (Å²) >= 11 is 7.90. The molecule has 0 saturated heterocycles. The number of halogens is 1. The highest BCUT2D eigenvalue weighted by atomic mass is 35.5. The molecule has 25 heavy (non-hydrogen) atoms. The minimum Gasteiger partial charge on any atom is -0.339 e. The summed E-state index contributed by atoms with van der Waals surface area (Å²) in [6.07, 6.45) is 0. The highest BCUT2D eigenvalue weighted by molar-refractivity contribution is 7.98. The number of aromatic nitrogens is 1. The number of benzene rings is 3. The van der Waals surface area contributed by atoms with E-state index in [0.717, 1.165) is 17.3 Å². The van der Waals surface area contributed by atoms with Gasteiger partial charge in [0, 0.05) is 33.4 Å². The third-order valence-electron chi connectivity index (χ3n) is 4.28. The van der Waals surface area contributed by atoms with Crippen LogP contribution in [0.4, 0.5) is 0 Å². The number of fused-ring (bicyclic) bond motifs is 1. The zero-order valence-corrected chi connectivity index (χ0v) is 15.3. The summed E-state index contributed by atoms with van der Waals surface area (Å²) in [6, 6.07) is 29.6. The molecule has 0 amide bonds. The Bertz CT molecular complexity index is 974. The molecule has 1 nitrogen and oxygen atoms in total. The van der Waals surface area contributed by atoms with Crippen molar-refractivity contribution in [3.63, 3.8) is 0 Å². The fourth-order valence-electron chi connectivity index (χ4n) is 3.02. The predicted molar refractivity (Wildman–Crippen MR) is 108 cm³/mol. The fraction of sp³-hybridized carbons (Fsp3) is 0.0909. The Labute approximate surface area is 157 Å². The summed E-state index contributed by atoms with van der Waals surface area (Å²) < 4.78 is 2.41. The van der Waals surface area contributed by atoms with Gasteiger partial charge < -0.3 is 4.57 Å². The largest absolute Gasteiger partial charge is 0.339 e. The van der Waals surface area contributed by atoms with Crippen molar-refractivity contribution in [2.24, 2.45) is 0 Å². The Balaban J connectivity index is 1.66. The Hall–Kier alpha value is -2.16. The number of hydrogen-bond acceptors (Lipinski definition) is 1. The molecule has 124 valence electrons. The van der Waals surface area contributed by atoms with E-state index in [-0.39, 0.29) is 0 Å². The van der Waals surface area contributed by atoms with Crippen LogP contribution in [0.3, 0.4) is 0 Å². The van der Waals surface area contributed by atoms with Gasteiger partial charge in [-0.15, -0.1) is 11.8 Å². The topological polar surface area (TPSA) is 4.93 Å². The van der Waals surface area contributed by atoms with Crippen LogP contribution >= 0.6 is 23.4 Å². The number of thioether (sulfide) groups is 1. The summed E-state index contributed by atoms with van der Waals surface area (Å²) in [7, 11) is 0. The Morgan fingerprint density at radius 2 is 1.52 bits per heavy atom. The third kappa shape index (κ3) is 3.76. The monoisotopic (exact) mass is 363 g/mol. The molecule has 0 bridgehead atoms. The normalized spacial score (nSPS) is 11.1. The lowest BCUT2D eigenvalue weighted by atomic mass is 10.2. The van der Waals surface area contributed by atoms with Crippen molar-refractivity contribution in [2.45, 2.75) is 17.2 Å². The molecule has 3 aromatic carbocycles. The van der Waals surface area contributed by atoms with Crippen LogP contribution in [0.1, 0.15) is 11.3 Å². The van der Waals surface area contributed by atoms with Gasteiger partial charge in [0.25, 0.3) is 0 Å². The maximum Gasteiger partial charge on any atom is 0.0485 e. The van der Waals surface area contributed by atoms with Crippen LogP contribution in [-0.4, -0.2) is 4.57 Å². The van der Waals surface area contributed by atoms with Gasteiger partial charge in [-0.2, -0.15) is 0 Å². The van der Waals surface area contributed by atoms with Gasteiger partial charge >= 0.3 is 0 Å². The van der Waals surface area contributed by atoms with Gasteiger partial charge in [-0.3, -0.25) is 0 Å². The van der Waals surface area contributed by atoms with Crippen LogP contribution in [0.2, 0.25) is 5.02 Å². The minimum absolute atomic E-state index is 0.779. The first-order valence-corrected chi connectivity index (χ1v) is 9.65. The van der Waals surface area contributed by atoms with Crippen molar-refractivity contribution in [2.75, 3.05) is 0 Å². The Morgan fingerprint density at radius 3 is 2.32 bits per heavy atom. The molecule has 4 rings (SSSR count). The number of hydrogen-bond donors (Lipinski definition) is 0. The molecule has 3 heteroatoms. The molecule has 0 saturated carbocycles. The molecule has 0 aliphatic heterocycles. The summed E-state index contributed by atoms with van der Waals surface area (Å²) in [4.78, 5) is 1.30. The first-order chi connectivity index (χ1) is 12.3. The third-order valence-corrected chi connectivity index (χ3v) is 5.58. The summed E-state index contributed by atoms with van der Waals surface area (Å²) in [6.45, 7) is 0.857.